The van der Waals surface area contributed by atoms with Crippen LogP contribution in [0.4, 0.5) is 0 Å². The van der Waals surface area contributed by atoms with Crippen molar-refractivity contribution in [3.63, 3.8) is 0 Å². The molecule has 0 spiro atoms. The summed E-state index contributed by atoms with van der Waals surface area (Å²) in [5, 5.41) is 0. The topological polar surface area (TPSA) is 61.9 Å². The molecular weight excluding hydrogens is 386 g/mol. The molecule has 29 heavy (non-hydrogen) atoms. The van der Waals surface area contributed by atoms with Gasteiger partial charge in [0.25, 0.3) is 0 Å². The lowest BCUT2D eigenvalue weighted by atomic mass is 10.1. The zero-order valence-corrected chi connectivity index (χ0v) is 18.1. The van der Waals surface area contributed by atoms with Crippen LogP contribution in [0.5, 0.6) is 5.75 Å². The summed E-state index contributed by atoms with van der Waals surface area (Å²) >= 11 is 0. The van der Waals surface area contributed by atoms with E-state index in [4.69, 9.17) is 4.74 Å². The Morgan fingerprint density at radius 1 is 0.897 bits per heavy atom. The van der Waals surface area contributed by atoms with Crippen LogP contribution in [0.3, 0.4) is 0 Å². The summed E-state index contributed by atoms with van der Waals surface area (Å²) in [6.07, 6.45) is 0. The van der Waals surface area contributed by atoms with Gasteiger partial charge >= 0.3 is 0 Å². The maximum Gasteiger partial charge on any atom is 0.240 e. The monoisotopic (exact) mass is 417 g/mol. The first-order valence-electron chi connectivity index (χ1n) is 10.3. The molecule has 0 unspecified atom stereocenters. The van der Waals surface area contributed by atoms with Crippen molar-refractivity contribution in [1.29, 1.82) is 0 Å². The summed E-state index contributed by atoms with van der Waals surface area (Å²) < 4.78 is 33.5. The van der Waals surface area contributed by atoms with Gasteiger partial charge in [-0.3, -0.25) is 4.90 Å². The first-order chi connectivity index (χ1) is 14.0. The molecule has 1 N–H and O–H groups in total. The highest BCUT2D eigenvalue weighted by molar-refractivity contribution is 7.89. The SMILES string of the molecule is CCOc1ccc(S(=O)(=O)NCc2ccccc2CN2CCN(CC)CC2)cc1. The van der Waals surface area contributed by atoms with Crippen molar-refractivity contribution in [3.05, 3.63) is 59.7 Å². The Labute approximate surface area is 174 Å². The summed E-state index contributed by atoms with van der Waals surface area (Å²) in [5.41, 5.74) is 2.19. The summed E-state index contributed by atoms with van der Waals surface area (Å²) in [6.45, 7) is 11.1. The fourth-order valence-corrected chi connectivity index (χ4v) is 4.53. The highest BCUT2D eigenvalue weighted by atomic mass is 32.2. The number of ether oxygens (including phenoxy) is 1. The van der Waals surface area contributed by atoms with Gasteiger partial charge in [-0.15, -0.1) is 0 Å². The quantitative estimate of drug-likeness (QED) is 0.680. The molecule has 0 aliphatic carbocycles. The van der Waals surface area contributed by atoms with Gasteiger partial charge in [-0.05, 0) is 48.9 Å². The van der Waals surface area contributed by atoms with Crippen LogP contribution in [-0.4, -0.2) is 57.5 Å². The van der Waals surface area contributed by atoms with E-state index in [-0.39, 0.29) is 11.4 Å². The Hall–Kier alpha value is -1.93. The van der Waals surface area contributed by atoms with Crippen LogP contribution in [-0.2, 0) is 23.1 Å². The molecule has 1 fully saturated rings. The number of benzene rings is 2. The predicted octanol–water partition coefficient (Wildman–Crippen LogP) is 2.70. The Balaban J connectivity index is 1.63. The molecule has 3 rings (SSSR count). The summed E-state index contributed by atoms with van der Waals surface area (Å²) in [7, 11) is -3.58. The van der Waals surface area contributed by atoms with E-state index in [1.807, 2.05) is 25.1 Å². The molecule has 2 aromatic rings. The zero-order chi connectivity index (χ0) is 20.7. The van der Waals surface area contributed by atoms with E-state index in [0.29, 0.717) is 12.4 Å². The standard InChI is InChI=1S/C22H31N3O3S/c1-3-24-13-15-25(16-14-24)18-20-8-6-5-7-19(20)17-23-29(26,27)22-11-9-21(10-12-22)28-4-2/h5-12,23H,3-4,13-18H2,1-2H3. The van der Waals surface area contributed by atoms with Crippen LogP contribution in [0.15, 0.2) is 53.4 Å². The van der Waals surface area contributed by atoms with Crippen LogP contribution in [0.1, 0.15) is 25.0 Å². The molecule has 1 heterocycles. The molecule has 7 heteroatoms. The van der Waals surface area contributed by atoms with Gasteiger partial charge in [0.15, 0.2) is 0 Å². The average Bonchev–Trinajstić information content (AvgIpc) is 2.74. The maximum atomic E-state index is 12.7. The Bertz CT molecular complexity index is 876. The van der Waals surface area contributed by atoms with Gasteiger partial charge in [-0.1, -0.05) is 31.2 Å². The number of hydrogen-bond acceptors (Lipinski definition) is 5. The number of likely N-dealkylation sites (N-methyl/N-ethyl adjacent to an activating group) is 1. The average molecular weight is 418 g/mol. The molecule has 0 bridgehead atoms. The second kappa shape index (κ2) is 10.2. The fraction of sp³-hybridized carbons (Fsp3) is 0.455. The number of nitrogens with zero attached hydrogens (tertiary/aromatic N) is 2. The Kier molecular flexibility index (Phi) is 7.66. The van der Waals surface area contributed by atoms with Crippen molar-refractivity contribution in [3.8, 4) is 5.75 Å². The zero-order valence-electron chi connectivity index (χ0n) is 17.3. The van der Waals surface area contributed by atoms with Crippen molar-refractivity contribution in [2.24, 2.45) is 0 Å². The molecule has 6 nitrogen and oxygen atoms in total. The third-order valence-electron chi connectivity index (χ3n) is 5.32. The summed E-state index contributed by atoms with van der Waals surface area (Å²) in [5.74, 6) is 0.667. The van der Waals surface area contributed by atoms with Crippen molar-refractivity contribution >= 4 is 10.0 Å². The first kappa shape index (κ1) is 21.8. The maximum absolute atomic E-state index is 12.7. The molecule has 0 aromatic heterocycles. The minimum Gasteiger partial charge on any atom is -0.494 e. The highest BCUT2D eigenvalue weighted by Crippen LogP contribution is 2.18. The lowest BCUT2D eigenvalue weighted by Crippen LogP contribution is -2.45. The van der Waals surface area contributed by atoms with Gasteiger partial charge in [0.2, 0.25) is 10.0 Å². The minimum absolute atomic E-state index is 0.245. The molecule has 0 atom stereocenters. The fourth-order valence-electron chi connectivity index (χ4n) is 3.53. The lowest BCUT2D eigenvalue weighted by Gasteiger charge is -2.34. The van der Waals surface area contributed by atoms with Gasteiger partial charge in [-0.2, -0.15) is 0 Å². The molecule has 1 saturated heterocycles. The Morgan fingerprint density at radius 2 is 1.52 bits per heavy atom. The molecule has 1 aliphatic heterocycles. The molecule has 1 aliphatic rings. The number of sulfonamides is 1. The largest absolute Gasteiger partial charge is 0.494 e. The smallest absolute Gasteiger partial charge is 0.240 e. The summed E-state index contributed by atoms with van der Waals surface area (Å²) in [6, 6.07) is 14.6. The second-order valence-electron chi connectivity index (χ2n) is 7.21. The van der Waals surface area contributed by atoms with Crippen LogP contribution in [0, 0.1) is 0 Å². The third-order valence-corrected chi connectivity index (χ3v) is 6.74. The van der Waals surface area contributed by atoms with Gasteiger partial charge < -0.3 is 9.64 Å². The molecule has 0 amide bonds. The molecule has 0 saturated carbocycles. The van der Waals surface area contributed by atoms with Crippen molar-refractivity contribution in [2.75, 3.05) is 39.3 Å². The van der Waals surface area contributed by atoms with Crippen LogP contribution >= 0.6 is 0 Å². The van der Waals surface area contributed by atoms with E-state index in [9.17, 15) is 8.42 Å². The van der Waals surface area contributed by atoms with Gasteiger partial charge in [0.1, 0.15) is 5.75 Å². The van der Waals surface area contributed by atoms with Crippen molar-refractivity contribution in [2.45, 2.75) is 31.8 Å². The number of nitrogens with one attached hydrogen (secondary N) is 1. The number of piperazine rings is 1. The normalized spacial score (nSPS) is 16.1. The van der Waals surface area contributed by atoms with E-state index in [2.05, 4.69) is 27.5 Å². The van der Waals surface area contributed by atoms with Gasteiger partial charge in [0, 0.05) is 39.3 Å². The van der Waals surface area contributed by atoms with Crippen LogP contribution < -0.4 is 9.46 Å². The van der Waals surface area contributed by atoms with E-state index >= 15 is 0 Å². The number of rotatable bonds is 9. The van der Waals surface area contributed by atoms with Crippen LogP contribution in [0.2, 0.25) is 0 Å². The second-order valence-corrected chi connectivity index (χ2v) is 8.98. The predicted molar refractivity (Wildman–Crippen MR) is 115 cm³/mol. The Morgan fingerprint density at radius 3 is 2.14 bits per heavy atom. The van der Waals surface area contributed by atoms with Crippen molar-refractivity contribution < 1.29 is 13.2 Å². The van der Waals surface area contributed by atoms with E-state index < -0.39 is 10.0 Å². The summed E-state index contributed by atoms with van der Waals surface area (Å²) in [4.78, 5) is 5.13. The van der Waals surface area contributed by atoms with Crippen molar-refractivity contribution in [1.82, 2.24) is 14.5 Å². The van der Waals surface area contributed by atoms with Gasteiger partial charge in [0.05, 0.1) is 11.5 Å². The minimum atomic E-state index is -3.58. The van der Waals surface area contributed by atoms with Gasteiger partial charge in [-0.25, -0.2) is 13.1 Å². The molecule has 158 valence electrons. The molecule has 0 radical (unpaired) electrons. The van der Waals surface area contributed by atoms with E-state index in [1.54, 1.807) is 24.3 Å². The highest BCUT2D eigenvalue weighted by Gasteiger charge is 2.18. The number of hydrogen-bond donors (Lipinski definition) is 1. The molecular formula is C22H31N3O3S. The van der Waals surface area contributed by atoms with Crippen LogP contribution in [0.25, 0.3) is 0 Å². The lowest BCUT2D eigenvalue weighted by molar-refractivity contribution is 0.131. The third kappa shape index (κ3) is 6.02. The van der Waals surface area contributed by atoms with E-state index in [1.165, 1.54) is 5.56 Å². The van der Waals surface area contributed by atoms with E-state index in [0.717, 1.165) is 44.8 Å². The first-order valence-corrected chi connectivity index (χ1v) is 11.7. The molecule has 2 aromatic carbocycles.